The molecule has 0 radical (unpaired) electrons. The van der Waals surface area contributed by atoms with Crippen LogP contribution in [-0.4, -0.2) is 58.8 Å². The number of Topliss-reactive ketones (excluding diaryl/α,β-unsaturated/α-hetero) is 3. The SMILES string of the molecule is CC(=O)CN1CC[C@@H](Cc2ccc(F)cc2)C[C@@H]1CCCN(C#N)C(N)=Nc1cc(C(C)=O)cc(C(C)=O)c1. The molecule has 206 valence electrons. The average Bonchev–Trinajstić information content (AvgIpc) is 2.88. The maximum Gasteiger partial charge on any atom is 0.209 e. The first kappa shape index (κ1) is 29.7. The number of nitrogens with two attached hydrogens (primary N) is 1. The Hall–Kier alpha value is -3.90. The van der Waals surface area contributed by atoms with Crippen LogP contribution in [0.3, 0.4) is 0 Å². The number of guanidine groups is 1. The highest BCUT2D eigenvalue weighted by Crippen LogP contribution is 2.29. The second-order valence-corrected chi connectivity index (χ2v) is 10.3. The summed E-state index contributed by atoms with van der Waals surface area (Å²) < 4.78 is 13.3. The minimum atomic E-state index is -0.247. The molecule has 0 bridgehead atoms. The molecule has 9 heteroatoms. The molecule has 2 aromatic rings. The molecule has 1 aliphatic rings. The molecule has 1 aliphatic heterocycles. The fraction of sp³-hybridized carbons (Fsp3) is 0.433. The van der Waals surface area contributed by atoms with Gasteiger partial charge in [-0.05, 0) is 101 Å². The van der Waals surface area contributed by atoms with E-state index in [4.69, 9.17) is 5.73 Å². The summed E-state index contributed by atoms with van der Waals surface area (Å²) in [5.74, 6) is -0.137. The van der Waals surface area contributed by atoms with E-state index in [1.807, 2.05) is 12.1 Å². The Morgan fingerprint density at radius 2 is 1.74 bits per heavy atom. The molecule has 3 rings (SSSR count). The van der Waals surface area contributed by atoms with Gasteiger partial charge in [-0.1, -0.05) is 12.1 Å². The van der Waals surface area contributed by atoms with E-state index in [9.17, 15) is 24.0 Å². The van der Waals surface area contributed by atoms with Crippen molar-refractivity contribution in [3.63, 3.8) is 0 Å². The largest absolute Gasteiger partial charge is 0.369 e. The van der Waals surface area contributed by atoms with E-state index in [0.717, 1.165) is 37.8 Å². The lowest BCUT2D eigenvalue weighted by Gasteiger charge is -2.39. The number of halogens is 1. The summed E-state index contributed by atoms with van der Waals surface area (Å²) in [5, 5.41) is 9.72. The summed E-state index contributed by atoms with van der Waals surface area (Å²) in [7, 11) is 0. The zero-order valence-corrected chi connectivity index (χ0v) is 22.8. The van der Waals surface area contributed by atoms with E-state index in [0.29, 0.717) is 42.2 Å². The Balaban J connectivity index is 1.66. The fourth-order valence-electron chi connectivity index (χ4n) is 5.09. The predicted molar refractivity (Wildman–Crippen MR) is 148 cm³/mol. The maximum atomic E-state index is 13.3. The van der Waals surface area contributed by atoms with Crippen molar-refractivity contribution in [2.75, 3.05) is 19.6 Å². The Kier molecular flexibility index (Phi) is 10.5. The highest BCUT2D eigenvalue weighted by atomic mass is 19.1. The van der Waals surface area contributed by atoms with Gasteiger partial charge in [0.25, 0.3) is 0 Å². The molecule has 0 amide bonds. The Bertz CT molecular complexity index is 1240. The van der Waals surface area contributed by atoms with Gasteiger partial charge in [0.2, 0.25) is 5.96 Å². The van der Waals surface area contributed by atoms with Crippen molar-refractivity contribution in [3.8, 4) is 6.19 Å². The van der Waals surface area contributed by atoms with Crippen molar-refractivity contribution in [2.24, 2.45) is 16.6 Å². The highest BCUT2D eigenvalue weighted by molar-refractivity contribution is 6.01. The van der Waals surface area contributed by atoms with Gasteiger partial charge >= 0.3 is 0 Å². The highest BCUT2D eigenvalue weighted by Gasteiger charge is 2.29. The molecule has 2 aromatic carbocycles. The lowest BCUT2D eigenvalue weighted by atomic mass is 9.84. The smallest absolute Gasteiger partial charge is 0.209 e. The van der Waals surface area contributed by atoms with Gasteiger partial charge in [-0.3, -0.25) is 19.3 Å². The summed E-state index contributed by atoms with van der Waals surface area (Å²) in [4.78, 5) is 43.5. The number of nitriles is 1. The van der Waals surface area contributed by atoms with Crippen LogP contribution >= 0.6 is 0 Å². The number of nitrogens with zero attached hydrogens (tertiary/aromatic N) is 4. The van der Waals surface area contributed by atoms with Crippen molar-refractivity contribution >= 4 is 29.0 Å². The third kappa shape index (κ3) is 8.82. The van der Waals surface area contributed by atoms with Gasteiger partial charge in [-0.15, -0.1) is 0 Å². The number of ketones is 3. The second-order valence-electron chi connectivity index (χ2n) is 10.3. The van der Waals surface area contributed by atoms with Crippen molar-refractivity contribution in [1.82, 2.24) is 9.80 Å². The molecule has 0 aromatic heterocycles. The van der Waals surface area contributed by atoms with Crippen LogP contribution in [0.5, 0.6) is 0 Å². The number of benzene rings is 2. The average molecular weight is 534 g/mol. The van der Waals surface area contributed by atoms with E-state index in [-0.39, 0.29) is 35.2 Å². The first-order valence-electron chi connectivity index (χ1n) is 13.2. The quantitative estimate of drug-likeness (QED) is 0.147. The van der Waals surface area contributed by atoms with Gasteiger partial charge in [0.05, 0.1) is 12.2 Å². The van der Waals surface area contributed by atoms with Crippen LogP contribution < -0.4 is 5.73 Å². The van der Waals surface area contributed by atoms with Gasteiger partial charge in [0.1, 0.15) is 11.6 Å². The van der Waals surface area contributed by atoms with Crippen LogP contribution in [0.4, 0.5) is 10.1 Å². The normalized spacial score (nSPS) is 17.9. The molecule has 1 fully saturated rings. The van der Waals surface area contributed by atoms with E-state index in [1.165, 1.54) is 36.9 Å². The number of aliphatic imine (C=N–C) groups is 1. The van der Waals surface area contributed by atoms with Crippen molar-refractivity contribution < 1.29 is 18.8 Å². The molecule has 1 saturated heterocycles. The number of likely N-dealkylation sites (tertiary alicyclic amines) is 1. The van der Waals surface area contributed by atoms with E-state index < -0.39 is 0 Å². The van der Waals surface area contributed by atoms with Gasteiger partial charge in [-0.2, -0.15) is 5.26 Å². The minimum absolute atomic E-state index is 0.0221. The molecule has 1 heterocycles. The topological polar surface area (TPSA) is 120 Å². The predicted octanol–water partition coefficient (Wildman–Crippen LogP) is 4.65. The minimum Gasteiger partial charge on any atom is -0.369 e. The zero-order valence-electron chi connectivity index (χ0n) is 22.8. The molecule has 0 spiro atoms. The van der Waals surface area contributed by atoms with Gasteiger partial charge in [0.15, 0.2) is 17.8 Å². The van der Waals surface area contributed by atoms with Crippen molar-refractivity contribution in [1.29, 1.82) is 5.26 Å². The molecule has 8 nitrogen and oxygen atoms in total. The number of rotatable bonds is 11. The van der Waals surface area contributed by atoms with Crippen molar-refractivity contribution in [3.05, 3.63) is 65.0 Å². The Labute approximate surface area is 229 Å². The zero-order chi connectivity index (χ0) is 28.5. The number of hydrogen-bond acceptors (Lipinski definition) is 6. The summed E-state index contributed by atoms with van der Waals surface area (Å²) in [6.07, 6.45) is 6.22. The van der Waals surface area contributed by atoms with Gasteiger partial charge in [0, 0.05) is 23.7 Å². The van der Waals surface area contributed by atoms with Crippen LogP contribution in [0.25, 0.3) is 0 Å². The number of carbonyl (C=O) groups excluding carboxylic acids is 3. The summed E-state index contributed by atoms with van der Waals surface area (Å²) in [6.45, 7) is 5.95. The van der Waals surface area contributed by atoms with E-state index in [1.54, 1.807) is 19.1 Å². The molecule has 0 unspecified atom stereocenters. The molecule has 0 saturated carbocycles. The first-order chi connectivity index (χ1) is 18.5. The monoisotopic (exact) mass is 533 g/mol. The fourth-order valence-corrected chi connectivity index (χ4v) is 5.09. The molecule has 2 N–H and O–H groups in total. The van der Waals surface area contributed by atoms with Gasteiger partial charge < -0.3 is 5.73 Å². The molecule has 2 atom stereocenters. The Morgan fingerprint density at radius 3 is 2.31 bits per heavy atom. The number of carbonyl (C=O) groups is 3. The third-order valence-corrected chi connectivity index (χ3v) is 7.10. The van der Waals surface area contributed by atoms with Crippen LogP contribution in [-0.2, 0) is 11.2 Å². The third-order valence-electron chi connectivity index (χ3n) is 7.10. The first-order valence-corrected chi connectivity index (χ1v) is 13.2. The second kappa shape index (κ2) is 13.8. The van der Waals surface area contributed by atoms with Crippen LogP contribution in [0, 0.1) is 23.2 Å². The molecular formula is C30H36FN5O3. The van der Waals surface area contributed by atoms with Crippen LogP contribution in [0.2, 0.25) is 0 Å². The van der Waals surface area contributed by atoms with E-state index in [2.05, 4.69) is 16.1 Å². The molecule has 39 heavy (non-hydrogen) atoms. The lowest BCUT2D eigenvalue weighted by molar-refractivity contribution is -0.119. The summed E-state index contributed by atoms with van der Waals surface area (Å²) in [5.41, 5.74) is 8.26. The Morgan fingerprint density at radius 1 is 1.10 bits per heavy atom. The standard InChI is InChI=1S/C30H36FN5O3/c1-20(37)18-35-12-10-24(13-23-6-8-27(31)9-7-23)14-29(35)5-4-11-36(19-32)30(33)34-28-16-25(21(2)38)15-26(17-28)22(3)39/h6-9,15-17,24,29H,4-5,10-14,18H2,1-3H3,(H2,33,34)/t24-,29-/m0/s1. The number of hydrogen-bond donors (Lipinski definition) is 1. The summed E-state index contributed by atoms with van der Waals surface area (Å²) >= 11 is 0. The van der Waals surface area contributed by atoms with Crippen molar-refractivity contribution in [2.45, 2.75) is 58.9 Å². The lowest BCUT2D eigenvalue weighted by Crippen LogP contribution is -2.45. The van der Waals surface area contributed by atoms with Crippen LogP contribution in [0.15, 0.2) is 47.5 Å². The van der Waals surface area contributed by atoms with Gasteiger partial charge in [-0.25, -0.2) is 14.3 Å². The number of piperidine rings is 1. The summed E-state index contributed by atoms with van der Waals surface area (Å²) in [6, 6.07) is 11.4. The van der Waals surface area contributed by atoms with Crippen LogP contribution in [0.1, 0.15) is 72.7 Å². The van der Waals surface area contributed by atoms with E-state index >= 15 is 0 Å². The molecule has 0 aliphatic carbocycles. The maximum absolute atomic E-state index is 13.3. The molecular weight excluding hydrogens is 497 g/mol.